The van der Waals surface area contributed by atoms with E-state index in [1.807, 2.05) is 30.1 Å². The van der Waals surface area contributed by atoms with Crippen molar-refractivity contribution in [1.29, 1.82) is 0 Å². The molecule has 0 amide bonds. The minimum absolute atomic E-state index is 0.337. The fourth-order valence-electron chi connectivity index (χ4n) is 3.16. The Labute approximate surface area is 119 Å². The number of rotatable bonds is 3. The molecule has 1 aliphatic carbocycles. The molecule has 1 atom stereocenters. The molecule has 0 aliphatic heterocycles. The Morgan fingerprint density at radius 3 is 2.95 bits per heavy atom. The van der Waals surface area contributed by atoms with Crippen molar-refractivity contribution in [2.45, 2.75) is 31.2 Å². The lowest BCUT2D eigenvalue weighted by Crippen LogP contribution is -2.42. The first kappa shape index (κ1) is 13.2. The standard InChI is InChI=1S/C16H21N3O/c1-19-9-7-13(18-19)11-16(17)8-3-4-12-5-6-14(20-2)10-15(12)16/h5-7,9-10H,3-4,8,11,17H2,1-2H3. The zero-order valence-corrected chi connectivity index (χ0v) is 12.1. The van der Waals surface area contributed by atoms with Crippen molar-refractivity contribution < 1.29 is 4.74 Å². The second-order valence-corrected chi connectivity index (χ2v) is 5.69. The van der Waals surface area contributed by atoms with Crippen LogP contribution in [0.25, 0.3) is 0 Å². The molecule has 1 aliphatic rings. The first-order valence-corrected chi connectivity index (χ1v) is 7.05. The zero-order valence-electron chi connectivity index (χ0n) is 12.1. The van der Waals surface area contributed by atoms with Gasteiger partial charge in [0, 0.05) is 25.2 Å². The zero-order chi connectivity index (χ0) is 14.2. The number of benzene rings is 1. The molecule has 3 rings (SSSR count). The smallest absolute Gasteiger partial charge is 0.119 e. The van der Waals surface area contributed by atoms with Crippen LogP contribution < -0.4 is 10.5 Å². The van der Waals surface area contributed by atoms with Gasteiger partial charge in [0.05, 0.1) is 12.8 Å². The lowest BCUT2D eigenvalue weighted by Gasteiger charge is -2.35. The van der Waals surface area contributed by atoms with E-state index in [-0.39, 0.29) is 5.54 Å². The highest BCUT2D eigenvalue weighted by Crippen LogP contribution is 2.37. The topological polar surface area (TPSA) is 53.1 Å². The summed E-state index contributed by atoms with van der Waals surface area (Å²) in [5, 5.41) is 4.47. The average Bonchev–Trinajstić information content (AvgIpc) is 2.84. The summed E-state index contributed by atoms with van der Waals surface area (Å²) >= 11 is 0. The van der Waals surface area contributed by atoms with E-state index >= 15 is 0 Å². The van der Waals surface area contributed by atoms with Gasteiger partial charge >= 0.3 is 0 Å². The van der Waals surface area contributed by atoms with E-state index in [0.717, 1.165) is 37.1 Å². The third-order valence-corrected chi connectivity index (χ3v) is 4.19. The molecule has 0 saturated heterocycles. The quantitative estimate of drug-likeness (QED) is 0.930. The Kier molecular flexibility index (Phi) is 3.26. The lowest BCUT2D eigenvalue weighted by molar-refractivity contribution is 0.359. The first-order chi connectivity index (χ1) is 9.60. The summed E-state index contributed by atoms with van der Waals surface area (Å²) in [6, 6.07) is 8.30. The van der Waals surface area contributed by atoms with E-state index in [1.165, 1.54) is 11.1 Å². The summed E-state index contributed by atoms with van der Waals surface area (Å²) in [6.45, 7) is 0. The van der Waals surface area contributed by atoms with Crippen LogP contribution in [0, 0.1) is 0 Å². The van der Waals surface area contributed by atoms with Crippen molar-refractivity contribution in [3.63, 3.8) is 0 Å². The van der Waals surface area contributed by atoms with E-state index in [9.17, 15) is 0 Å². The lowest BCUT2D eigenvalue weighted by atomic mass is 9.74. The second kappa shape index (κ2) is 4.94. The predicted molar refractivity (Wildman–Crippen MR) is 78.7 cm³/mol. The van der Waals surface area contributed by atoms with Gasteiger partial charge in [-0.25, -0.2) is 0 Å². The van der Waals surface area contributed by atoms with Crippen LogP contribution in [0.4, 0.5) is 0 Å². The Bertz CT molecular complexity index is 620. The number of nitrogens with zero attached hydrogens (tertiary/aromatic N) is 2. The second-order valence-electron chi connectivity index (χ2n) is 5.69. The maximum Gasteiger partial charge on any atom is 0.119 e. The first-order valence-electron chi connectivity index (χ1n) is 7.05. The van der Waals surface area contributed by atoms with Gasteiger partial charge in [-0.05, 0) is 48.6 Å². The van der Waals surface area contributed by atoms with E-state index in [0.29, 0.717) is 0 Å². The summed E-state index contributed by atoms with van der Waals surface area (Å²) < 4.78 is 7.18. The molecule has 2 aromatic rings. The molecule has 1 heterocycles. The van der Waals surface area contributed by atoms with Crippen LogP contribution in [0.5, 0.6) is 5.75 Å². The van der Waals surface area contributed by atoms with E-state index in [4.69, 9.17) is 10.5 Å². The van der Waals surface area contributed by atoms with Gasteiger partial charge in [-0.1, -0.05) is 6.07 Å². The molecule has 1 aromatic carbocycles. The van der Waals surface area contributed by atoms with Crippen molar-refractivity contribution in [3.05, 3.63) is 47.3 Å². The minimum Gasteiger partial charge on any atom is -0.497 e. The van der Waals surface area contributed by atoms with Gasteiger partial charge < -0.3 is 10.5 Å². The number of aryl methyl sites for hydroxylation is 2. The molecule has 4 heteroatoms. The van der Waals surface area contributed by atoms with Gasteiger partial charge in [-0.15, -0.1) is 0 Å². The molecule has 0 radical (unpaired) electrons. The van der Waals surface area contributed by atoms with Crippen LogP contribution in [0.15, 0.2) is 30.5 Å². The van der Waals surface area contributed by atoms with Gasteiger partial charge in [-0.3, -0.25) is 4.68 Å². The number of nitrogens with two attached hydrogens (primary N) is 1. The van der Waals surface area contributed by atoms with Gasteiger partial charge in [0.2, 0.25) is 0 Å². The van der Waals surface area contributed by atoms with E-state index in [2.05, 4.69) is 17.2 Å². The third-order valence-electron chi connectivity index (χ3n) is 4.19. The van der Waals surface area contributed by atoms with Crippen molar-refractivity contribution in [2.75, 3.05) is 7.11 Å². The highest BCUT2D eigenvalue weighted by molar-refractivity contribution is 5.42. The number of ether oxygens (including phenoxy) is 1. The highest BCUT2D eigenvalue weighted by Gasteiger charge is 2.33. The van der Waals surface area contributed by atoms with Gasteiger partial charge in [0.15, 0.2) is 0 Å². The molecule has 1 aromatic heterocycles. The highest BCUT2D eigenvalue weighted by atomic mass is 16.5. The minimum atomic E-state index is -0.337. The maximum absolute atomic E-state index is 6.73. The molecule has 0 bridgehead atoms. The Morgan fingerprint density at radius 2 is 2.25 bits per heavy atom. The molecule has 20 heavy (non-hydrogen) atoms. The van der Waals surface area contributed by atoms with Crippen molar-refractivity contribution >= 4 is 0 Å². The third kappa shape index (κ3) is 2.31. The average molecular weight is 271 g/mol. The van der Waals surface area contributed by atoms with Gasteiger partial charge in [0.25, 0.3) is 0 Å². The largest absolute Gasteiger partial charge is 0.497 e. The number of hydrogen-bond acceptors (Lipinski definition) is 3. The number of aromatic nitrogens is 2. The Hall–Kier alpha value is -1.81. The summed E-state index contributed by atoms with van der Waals surface area (Å²) in [5.41, 5.74) is 10.0. The monoisotopic (exact) mass is 271 g/mol. The normalized spacial score (nSPS) is 21.6. The summed E-state index contributed by atoms with van der Waals surface area (Å²) in [6.07, 6.45) is 5.95. The van der Waals surface area contributed by atoms with E-state index < -0.39 is 0 Å². The Balaban J connectivity index is 1.98. The molecular formula is C16H21N3O. The van der Waals surface area contributed by atoms with Crippen LogP contribution in [0.1, 0.15) is 29.7 Å². The van der Waals surface area contributed by atoms with Crippen LogP contribution in [0.3, 0.4) is 0 Å². The van der Waals surface area contributed by atoms with E-state index in [1.54, 1.807) is 7.11 Å². The Morgan fingerprint density at radius 1 is 1.40 bits per heavy atom. The summed E-state index contributed by atoms with van der Waals surface area (Å²) in [5.74, 6) is 0.876. The van der Waals surface area contributed by atoms with Crippen molar-refractivity contribution in [2.24, 2.45) is 12.8 Å². The molecule has 2 N–H and O–H groups in total. The summed E-state index contributed by atoms with van der Waals surface area (Å²) in [7, 11) is 3.63. The van der Waals surface area contributed by atoms with Crippen LogP contribution in [-0.2, 0) is 25.4 Å². The number of methoxy groups -OCH3 is 1. The fourth-order valence-corrected chi connectivity index (χ4v) is 3.16. The number of fused-ring (bicyclic) bond motifs is 1. The molecule has 4 nitrogen and oxygen atoms in total. The van der Waals surface area contributed by atoms with Gasteiger partial charge in [-0.2, -0.15) is 5.10 Å². The molecule has 0 fully saturated rings. The molecule has 0 spiro atoms. The predicted octanol–water partition coefficient (Wildman–Crippen LogP) is 2.16. The molecule has 1 unspecified atom stereocenters. The fraction of sp³-hybridized carbons (Fsp3) is 0.438. The SMILES string of the molecule is COc1ccc2c(c1)C(N)(Cc1ccn(C)n1)CCC2. The maximum atomic E-state index is 6.73. The molecule has 0 saturated carbocycles. The van der Waals surface area contributed by atoms with Gasteiger partial charge in [0.1, 0.15) is 5.75 Å². The molecular weight excluding hydrogens is 250 g/mol. The van der Waals surface area contributed by atoms with Crippen molar-refractivity contribution in [1.82, 2.24) is 9.78 Å². The summed E-state index contributed by atoms with van der Waals surface area (Å²) in [4.78, 5) is 0. The van der Waals surface area contributed by atoms with Crippen molar-refractivity contribution in [3.8, 4) is 5.75 Å². The van der Waals surface area contributed by atoms with Crippen LogP contribution >= 0.6 is 0 Å². The molecule has 106 valence electrons. The van der Waals surface area contributed by atoms with Crippen LogP contribution in [0.2, 0.25) is 0 Å². The van der Waals surface area contributed by atoms with Crippen LogP contribution in [-0.4, -0.2) is 16.9 Å². The number of hydrogen-bond donors (Lipinski definition) is 1.